The first-order valence-electron chi connectivity index (χ1n) is 10.4. The van der Waals surface area contributed by atoms with Crippen LogP contribution in [0.15, 0.2) is 36.4 Å². The predicted octanol–water partition coefficient (Wildman–Crippen LogP) is 6.30. The Morgan fingerprint density at radius 2 is 1.32 bits per heavy atom. The molecule has 3 aromatic rings. The fourth-order valence-corrected chi connectivity index (χ4v) is 4.09. The van der Waals surface area contributed by atoms with E-state index in [1.807, 2.05) is 6.92 Å². The van der Waals surface area contributed by atoms with E-state index in [4.69, 9.17) is 9.47 Å². The van der Waals surface area contributed by atoms with Crippen LogP contribution in [0.4, 0.5) is 17.6 Å². The number of unbranched alkanes of at least 4 members (excludes halogenated alkanes) is 1. The Labute approximate surface area is 194 Å². The molecule has 2 N–H and O–H groups in total. The van der Waals surface area contributed by atoms with Crippen LogP contribution in [-0.2, 0) is 4.57 Å². The van der Waals surface area contributed by atoms with Crippen LogP contribution in [-0.4, -0.2) is 16.4 Å². The van der Waals surface area contributed by atoms with E-state index in [-0.39, 0.29) is 34.5 Å². The first kappa shape index (κ1) is 25.7. The summed E-state index contributed by atoms with van der Waals surface area (Å²) in [5.41, 5.74) is -0.420. The maximum atomic E-state index is 14.9. The van der Waals surface area contributed by atoms with Gasteiger partial charge in [-0.25, -0.2) is 8.78 Å². The fraction of sp³-hybridized carbons (Fsp3) is 0.250. The Bertz CT molecular complexity index is 1250. The van der Waals surface area contributed by atoms with Crippen LogP contribution in [0.1, 0.15) is 30.9 Å². The third-order valence-corrected chi connectivity index (χ3v) is 6.06. The molecule has 0 saturated heterocycles. The number of halogens is 4. The Hall–Kier alpha value is -2.87. The number of aryl methyl sites for hydroxylation is 2. The van der Waals surface area contributed by atoms with E-state index < -0.39 is 47.7 Å². The quantitative estimate of drug-likeness (QED) is 0.217. The molecule has 182 valence electrons. The van der Waals surface area contributed by atoms with Gasteiger partial charge in [0.2, 0.25) is 11.6 Å². The first-order valence-corrected chi connectivity index (χ1v) is 12.0. The topological polar surface area (TPSA) is 76.0 Å². The summed E-state index contributed by atoms with van der Waals surface area (Å²) in [7, 11) is -4.52. The summed E-state index contributed by atoms with van der Waals surface area (Å²) in [6.07, 6.45) is 1.44. The minimum absolute atomic E-state index is 0.0778. The third-order valence-electron chi connectivity index (χ3n) is 5.13. The molecular formula is C24H23F4O5P. The highest BCUT2D eigenvalue weighted by atomic mass is 31.2. The molecule has 0 aliphatic heterocycles. The first-order chi connectivity index (χ1) is 16.0. The van der Waals surface area contributed by atoms with Crippen molar-refractivity contribution < 1.29 is 41.4 Å². The lowest BCUT2D eigenvalue weighted by Gasteiger charge is -2.16. The molecule has 0 aliphatic rings. The molecule has 0 saturated carbocycles. The SMILES string of the molecule is CCCCOc1ccc(-c2ccc(Oc3c(C)cc(P(=O)(O)O)cc3C)c(F)c2F)c(F)c1F. The van der Waals surface area contributed by atoms with Crippen molar-refractivity contribution in [3.8, 4) is 28.4 Å². The summed E-state index contributed by atoms with van der Waals surface area (Å²) < 4.78 is 80.8. The Balaban J connectivity index is 1.95. The Morgan fingerprint density at radius 3 is 1.82 bits per heavy atom. The number of hydrogen-bond acceptors (Lipinski definition) is 3. The van der Waals surface area contributed by atoms with E-state index in [9.17, 15) is 31.9 Å². The molecule has 0 radical (unpaired) electrons. The van der Waals surface area contributed by atoms with Gasteiger partial charge in [0.05, 0.1) is 11.9 Å². The van der Waals surface area contributed by atoms with Crippen molar-refractivity contribution in [2.45, 2.75) is 33.6 Å². The van der Waals surface area contributed by atoms with Crippen molar-refractivity contribution in [3.63, 3.8) is 0 Å². The number of benzene rings is 3. The van der Waals surface area contributed by atoms with Gasteiger partial charge in [0.25, 0.3) is 0 Å². The van der Waals surface area contributed by atoms with E-state index in [1.165, 1.54) is 26.0 Å². The van der Waals surface area contributed by atoms with Crippen molar-refractivity contribution in [2.75, 3.05) is 6.61 Å². The largest absolute Gasteiger partial charge is 0.490 e. The summed E-state index contributed by atoms with van der Waals surface area (Å²) in [5, 5.41) is -0.239. The second-order valence-electron chi connectivity index (χ2n) is 7.74. The highest BCUT2D eigenvalue weighted by molar-refractivity contribution is 7.60. The van der Waals surface area contributed by atoms with E-state index in [0.29, 0.717) is 6.42 Å². The smallest absolute Gasteiger partial charge is 0.356 e. The van der Waals surface area contributed by atoms with Gasteiger partial charge in [0, 0.05) is 11.1 Å². The zero-order valence-corrected chi connectivity index (χ0v) is 19.6. The lowest BCUT2D eigenvalue weighted by molar-refractivity contribution is 0.289. The molecule has 0 amide bonds. The number of ether oxygens (including phenoxy) is 2. The molecule has 0 bridgehead atoms. The second kappa shape index (κ2) is 10.2. The highest BCUT2D eigenvalue weighted by Gasteiger charge is 2.24. The minimum Gasteiger partial charge on any atom is -0.490 e. The molecule has 0 atom stereocenters. The lowest BCUT2D eigenvalue weighted by atomic mass is 10.0. The molecule has 34 heavy (non-hydrogen) atoms. The van der Waals surface area contributed by atoms with Gasteiger partial charge in [0.1, 0.15) is 5.75 Å². The van der Waals surface area contributed by atoms with Gasteiger partial charge >= 0.3 is 7.60 Å². The molecule has 0 fully saturated rings. The molecule has 3 aromatic carbocycles. The summed E-state index contributed by atoms with van der Waals surface area (Å²) in [4.78, 5) is 18.7. The van der Waals surface area contributed by atoms with Crippen LogP contribution >= 0.6 is 7.60 Å². The monoisotopic (exact) mass is 498 g/mol. The Kier molecular flexibility index (Phi) is 7.70. The lowest BCUT2D eigenvalue weighted by Crippen LogP contribution is -2.07. The molecule has 10 heteroatoms. The summed E-state index contributed by atoms with van der Waals surface area (Å²) in [6.45, 7) is 5.09. The summed E-state index contributed by atoms with van der Waals surface area (Å²) in [5.74, 6) is -6.33. The van der Waals surface area contributed by atoms with E-state index >= 15 is 0 Å². The van der Waals surface area contributed by atoms with E-state index in [2.05, 4.69) is 0 Å². The maximum absolute atomic E-state index is 14.9. The van der Waals surface area contributed by atoms with Gasteiger partial charge in [-0.05, 0) is 67.8 Å². The molecule has 5 nitrogen and oxygen atoms in total. The fourth-order valence-electron chi connectivity index (χ4n) is 3.36. The van der Waals surface area contributed by atoms with Gasteiger partial charge in [-0.15, -0.1) is 0 Å². The molecular weight excluding hydrogens is 475 g/mol. The van der Waals surface area contributed by atoms with E-state index in [0.717, 1.165) is 30.7 Å². The van der Waals surface area contributed by atoms with Crippen LogP contribution in [0.3, 0.4) is 0 Å². The van der Waals surface area contributed by atoms with Crippen LogP contribution < -0.4 is 14.8 Å². The molecule has 0 aromatic heterocycles. The second-order valence-corrected chi connectivity index (χ2v) is 9.34. The van der Waals surface area contributed by atoms with Crippen LogP contribution in [0.2, 0.25) is 0 Å². The van der Waals surface area contributed by atoms with Crippen molar-refractivity contribution in [1.29, 1.82) is 0 Å². The van der Waals surface area contributed by atoms with Crippen LogP contribution in [0.5, 0.6) is 17.2 Å². The average Bonchev–Trinajstić information content (AvgIpc) is 2.76. The summed E-state index contributed by atoms with van der Waals surface area (Å²) in [6, 6.07) is 6.75. The number of hydrogen-bond donors (Lipinski definition) is 2. The molecule has 3 rings (SSSR count). The zero-order valence-electron chi connectivity index (χ0n) is 18.7. The van der Waals surface area contributed by atoms with Gasteiger partial charge in [0.15, 0.2) is 23.1 Å². The minimum atomic E-state index is -4.52. The third kappa shape index (κ3) is 5.27. The highest BCUT2D eigenvalue weighted by Crippen LogP contribution is 2.39. The van der Waals surface area contributed by atoms with E-state index in [1.54, 1.807) is 0 Å². The van der Waals surface area contributed by atoms with Gasteiger partial charge in [-0.1, -0.05) is 13.3 Å². The van der Waals surface area contributed by atoms with Gasteiger partial charge in [-0.3, -0.25) is 4.57 Å². The van der Waals surface area contributed by atoms with Gasteiger partial charge in [-0.2, -0.15) is 8.78 Å². The standard InChI is InChI=1S/C24H23F4O5P/c1-4-5-10-32-18-8-6-16(20(25)22(18)27)17-7-9-19(23(28)21(17)26)33-24-13(2)11-15(12-14(24)3)34(29,30)31/h6-9,11-12H,4-5,10H2,1-3H3,(H2,29,30,31). The normalized spacial score (nSPS) is 11.6. The number of rotatable bonds is 8. The predicted molar refractivity (Wildman–Crippen MR) is 120 cm³/mol. The summed E-state index contributed by atoms with van der Waals surface area (Å²) >= 11 is 0. The van der Waals surface area contributed by atoms with Crippen LogP contribution in [0.25, 0.3) is 11.1 Å². The molecule has 0 spiro atoms. The van der Waals surface area contributed by atoms with Crippen molar-refractivity contribution in [2.24, 2.45) is 0 Å². The molecule has 0 heterocycles. The van der Waals surface area contributed by atoms with Gasteiger partial charge < -0.3 is 19.3 Å². The zero-order chi connectivity index (χ0) is 25.2. The van der Waals surface area contributed by atoms with Crippen molar-refractivity contribution in [1.82, 2.24) is 0 Å². The van der Waals surface area contributed by atoms with Crippen molar-refractivity contribution in [3.05, 3.63) is 70.8 Å². The average molecular weight is 498 g/mol. The Morgan fingerprint density at radius 1 is 0.824 bits per heavy atom. The van der Waals surface area contributed by atoms with Crippen LogP contribution in [0, 0.1) is 37.1 Å². The van der Waals surface area contributed by atoms with Crippen molar-refractivity contribution >= 4 is 12.9 Å². The molecule has 0 aliphatic carbocycles. The maximum Gasteiger partial charge on any atom is 0.356 e. The molecule has 0 unspecified atom stereocenters.